The lowest BCUT2D eigenvalue weighted by atomic mass is 10.2. The van der Waals surface area contributed by atoms with E-state index < -0.39 is 5.91 Å². The first kappa shape index (κ1) is 11.1. The second-order valence-electron chi connectivity index (χ2n) is 3.66. The number of carbonyl (C=O) groups excluding carboxylic acids is 1. The van der Waals surface area contributed by atoms with Gasteiger partial charge in [-0.15, -0.1) is 0 Å². The number of para-hydroxylation sites is 1. The summed E-state index contributed by atoms with van der Waals surface area (Å²) in [6, 6.07) is 12.2. The summed E-state index contributed by atoms with van der Waals surface area (Å²) in [4.78, 5) is 23.6. The maximum Gasteiger partial charge on any atom is 0.263 e. The highest BCUT2D eigenvalue weighted by Crippen LogP contribution is 2.06. The molecule has 0 bridgehead atoms. The normalized spacial score (nSPS) is 9.94. The van der Waals surface area contributed by atoms with Crippen LogP contribution in [0.3, 0.4) is 0 Å². The van der Waals surface area contributed by atoms with Gasteiger partial charge in [-0.25, -0.2) is 0 Å². The number of carbonyl (C=O) groups is 1. The van der Waals surface area contributed by atoms with Crippen molar-refractivity contribution in [1.82, 2.24) is 4.57 Å². The van der Waals surface area contributed by atoms with Gasteiger partial charge in [-0.3, -0.25) is 9.59 Å². The van der Waals surface area contributed by atoms with E-state index in [2.05, 4.69) is 5.32 Å². The van der Waals surface area contributed by atoms with E-state index in [1.165, 1.54) is 10.6 Å². The first-order valence-electron chi connectivity index (χ1n) is 5.20. The van der Waals surface area contributed by atoms with E-state index in [1.54, 1.807) is 31.4 Å². The third-order valence-electron chi connectivity index (χ3n) is 2.40. The molecular weight excluding hydrogens is 216 g/mol. The molecule has 1 aromatic carbocycles. The summed E-state index contributed by atoms with van der Waals surface area (Å²) in [5.74, 6) is -0.391. The van der Waals surface area contributed by atoms with Crippen LogP contribution in [0, 0.1) is 0 Å². The number of anilines is 1. The molecule has 0 atom stereocenters. The fourth-order valence-electron chi connectivity index (χ4n) is 1.49. The number of amides is 1. The summed E-state index contributed by atoms with van der Waals surface area (Å²) in [5, 5.41) is 2.67. The number of nitrogens with zero attached hydrogens (tertiary/aromatic N) is 1. The molecule has 0 radical (unpaired) electrons. The van der Waals surface area contributed by atoms with Crippen LogP contribution < -0.4 is 10.9 Å². The Bertz CT molecular complexity index is 588. The largest absolute Gasteiger partial charge is 0.322 e. The average molecular weight is 228 g/mol. The lowest BCUT2D eigenvalue weighted by Gasteiger charge is -2.05. The molecule has 0 saturated carbocycles. The Morgan fingerprint density at radius 1 is 1.12 bits per heavy atom. The van der Waals surface area contributed by atoms with Gasteiger partial charge in [-0.2, -0.15) is 0 Å². The standard InChI is InChI=1S/C13H12N2O2/c1-15-9-5-8-11(13(15)17)12(16)14-10-6-3-2-4-7-10/h2-9H,1H3,(H,14,16). The van der Waals surface area contributed by atoms with E-state index in [1.807, 2.05) is 18.2 Å². The topological polar surface area (TPSA) is 51.1 Å². The first-order chi connectivity index (χ1) is 8.18. The second-order valence-corrected chi connectivity index (χ2v) is 3.66. The van der Waals surface area contributed by atoms with Gasteiger partial charge in [0.05, 0.1) is 0 Å². The zero-order valence-corrected chi connectivity index (χ0v) is 9.38. The van der Waals surface area contributed by atoms with Crippen LogP contribution in [0.25, 0.3) is 0 Å². The molecule has 2 aromatic rings. The predicted octanol–water partition coefficient (Wildman–Crippen LogP) is 1.64. The molecule has 1 heterocycles. The lowest BCUT2D eigenvalue weighted by Crippen LogP contribution is -2.26. The molecule has 0 fully saturated rings. The quantitative estimate of drug-likeness (QED) is 0.849. The summed E-state index contributed by atoms with van der Waals surface area (Å²) < 4.78 is 1.37. The fourth-order valence-corrected chi connectivity index (χ4v) is 1.49. The lowest BCUT2D eigenvalue weighted by molar-refractivity contribution is 0.102. The van der Waals surface area contributed by atoms with Gasteiger partial charge in [0.2, 0.25) is 0 Å². The van der Waals surface area contributed by atoms with E-state index in [4.69, 9.17) is 0 Å². The third-order valence-corrected chi connectivity index (χ3v) is 2.40. The Hall–Kier alpha value is -2.36. The summed E-state index contributed by atoms with van der Waals surface area (Å²) >= 11 is 0. The van der Waals surface area contributed by atoms with Crippen molar-refractivity contribution in [1.29, 1.82) is 0 Å². The predicted molar refractivity (Wildman–Crippen MR) is 66.1 cm³/mol. The molecule has 0 unspecified atom stereocenters. The summed E-state index contributed by atoms with van der Waals surface area (Å²) in [6.45, 7) is 0. The Kier molecular flexibility index (Phi) is 3.05. The van der Waals surface area contributed by atoms with Crippen LogP contribution in [0.4, 0.5) is 5.69 Å². The van der Waals surface area contributed by atoms with Crippen LogP contribution in [0.1, 0.15) is 10.4 Å². The van der Waals surface area contributed by atoms with Gasteiger partial charge in [0, 0.05) is 18.9 Å². The zero-order valence-electron chi connectivity index (χ0n) is 9.38. The highest BCUT2D eigenvalue weighted by atomic mass is 16.2. The molecule has 0 aliphatic heterocycles. The molecule has 1 amide bonds. The summed E-state index contributed by atoms with van der Waals surface area (Å²) in [7, 11) is 1.61. The van der Waals surface area contributed by atoms with Crippen molar-refractivity contribution in [3.63, 3.8) is 0 Å². The Labute approximate surface area is 98.5 Å². The van der Waals surface area contributed by atoms with Crippen LogP contribution in [0.5, 0.6) is 0 Å². The summed E-state index contributed by atoms with van der Waals surface area (Å²) in [5.41, 5.74) is 0.503. The Morgan fingerprint density at radius 3 is 2.53 bits per heavy atom. The van der Waals surface area contributed by atoms with Gasteiger partial charge in [0.15, 0.2) is 0 Å². The van der Waals surface area contributed by atoms with Gasteiger partial charge in [-0.05, 0) is 24.3 Å². The molecular formula is C13H12N2O2. The third kappa shape index (κ3) is 2.42. The number of nitrogens with one attached hydrogen (secondary N) is 1. The fraction of sp³-hybridized carbons (Fsp3) is 0.0769. The monoisotopic (exact) mass is 228 g/mol. The van der Waals surface area contributed by atoms with Gasteiger partial charge >= 0.3 is 0 Å². The molecule has 0 saturated heterocycles. The van der Waals surface area contributed by atoms with Crippen molar-refractivity contribution in [3.8, 4) is 0 Å². The molecule has 1 aromatic heterocycles. The number of hydrogen-bond acceptors (Lipinski definition) is 2. The maximum atomic E-state index is 11.9. The van der Waals surface area contributed by atoms with Crippen LogP contribution in [-0.4, -0.2) is 10.5 Å². The van der Waals surface area contributed by atoms with Crippen LogP contribution in [-0.2, 0) is 7.05 Å². The molecule has 0 aliphatic carbocycles. The van der Waals surface area contributed by atoms with E-state index >= 15 is 0 Å². The number of pyridine rings is 1. The van der Waals surface area contributed by atoms with Crippen molar-refractivity contribution >= 4 is 11.6 Å². The molecule has 17 heavy (non-hydrogen) atoms. The minimum Gasteiger partial charge on any atom is -0.322 e. The molecule has 4 heteroatoms. The Morgan fingerprint density at radius 2 is 1.82 bits per heavy atom. The van der Waals surface area contributed by atoms with Gasteiger partial charge < -0.3 is 9.88 Å². The molecule has 0 aliphatic rings. The number of aryl methyl sites for hydroxylation is 1. The van der Waals surface area contributed by atoms with Crippen molar-refractivity contribution in [2.75, 3.05) is 5.32 Å². The van der Waals surface area contributed by atoms with Gasteiger partial charge in [-0.1, -0.05) is 18.2 Å². The number of aromatic nitrogens is 1. The number of hydrogen-bond donors (Lipinski definition) is 1. The van der Waals surface area contributed by atoms with E-state index in [0.29, 0.717) is 5.69 Å². The van der Waals surface area contributed by atoms with E-state index in [0.717, 1.165) is 0 Å². The summed E-state index contributed by atoms with van der Waals surface area (Å²) in [6.07, 6.45) is 1.61. The first-order valence-corrected chi connectivity index (χ1v) is 5.20. The number of rotatable bonds is 2. The number of benzene rings is 1. The molecule has 4 nitrogen and oxygen atoms in total. The van der Waals surface area contributed by atoms with E-state index in [-0.39, 0.29) is 11.1 Å². The SMILES string of the molecule is Cn1cccc(C(=O)Nc2ccccc2)c1=O. The van der Waals surface area contributed by atoms with Crippen molar-refractivity contribution in [3.05, 3.63) is 64.6 Å². The van der Waals surface area contributed by atoms with E-state index in [9.17, 15) is 9.59 Å². The zero-order chi connectivity index (χ0) is 12.3. The minimum absolute atomic E-state index is 0.138. The van der Waals surface area contributed by atoms with Gasteiger partial charge in [0.25, 0.3) is 11.5 Å². The molecule has 1 N–H and O–H groups in total. The van der Waals surface area contributed by atoms with Crippen LogP contribution in [0.15, 0.2) is 53.5 Å². The van der Waals surface area contributed by atoms with Crippen LogP contribution in [0.2, 0.25) is 0 Å². The van der Waals surface area contributed by atoms with Crippen molar-refractivity contribution in [2.24, 2.45) is 7.05 Å². The van der Waals surface area contributed by atoms with Gasteiger partial charge in [0.1, 0.15) is 5.56 Å². The van der Waals surface area contributed by atoms with Crippen molar-refractivity contribution in [2.45, 2.75) is 0 Å². The smallest absolute Gasteiger partial charge is 0.263 e. The molecule has 0 spiro atoms. The second kappa shape index (κ2) is 4.65. The minimum atomic E-state index is -0.391. The average Bonchev–Trinajstić information content (AvgIpc) is 2.34. The Balaban J connectivity index is 2.27. The highest BCUT2D eigenvalue weighted by molar-refractivity contribution is 6.03. The highest BCUT2D eigenvalue weighted by Gasteiger charge is 2.10. The maximum absolute atomic E-state index is 11.9. The molecule has 86 valence electrons. The van der Waals surface area contributed by atoms with Crippen LogP contribution >= 0.6 is 0 Å². The molecule has 2 rings (SSSR count). The van der Waals surface area contributed by atoms with Crippen molar-refractivity contribution < 1.29 is 4.79 Å².